The maximum atomic E-state index is 13.1. The molecular formula is C24H23N3O2. The van der Waals surface area contributed by atoms with Crippen molar-refractivity contribution in [3.05, 3.63) is 89.2 Å². The first-order valence-corrected chi connectivity index (χ1v) is 9.91. The van der Waals surface area contributed by atoms with Crippen molar-refractivity contribution in [3.63, 3.8) is 0 Å². The van der Waals surface area contributed by atoms with E-state index in [-0.39, 0.29) is 11.8 Å². The van der Waals surface area contributed by atoms with Crippen molar-refractivity contribution in [3.8, 4) is 0 Å². The Morgan fingerprint density at radius 2 is 1.79 bits per heavy atom. The highest BCUT2D eigenvalue weighted by Crippen LogP contribution is 2.28. The predicted octanol–water partition coefficient (Wildman–Crippen LogP) is 4.49. The predicted molar refractivity (Wildman–Crippen MR) is 114 cm³/mol. The lowest BCUT2D eigenvalue weighted by molar-refractivity contribution is 0.0984. The first-order valence-electron chi connectivity index (χ1n) is 9.91. The van der Waals surface area contributed by atoms with Gasteiger partial charge < -0.3 is 10.2 Å². The minimum Gasteiger partial charge on any atom is -0.322 e. The van der Waals surface area contributed by atoms with E-state index in [1.54, 1.807) is 11.0 Å². The van der Waals surface area contributed by atoms with E-state index in [1.165, 1.54) is 23.5 Å². The minimum atomic E-state index is -0.282. The van der Waals surface area contributed by atoms with Gasteiger partial charge in [-0.2, -0.15) is 0 Å². The van der Waals surface area contributed by atoms with Gasteiger partial charge in [0.2, 0.25) is 0 Å². The zero-order valence-electron chi connectivity index (χ0n) is 16.4. The molecular weight excluding hydrogens is 362 g/mol. The Labute approximate surface area is 170 Å². The standard InChI is InChI=1S/C24H23N3O2/c1-2-17-9-11-21(12-10-17)26-23(28)19-14-20(16-25-15-19)24(29)27-13-5-7-18-6-3-4-8-22(18)27/h3-4,6,8-12,14-16H,2,5,7,13H2,1H3,(H,26,28). The molecule has 0 fully saturated rings. The zero-order valence-corrected chi connectivity index (χ0v) is 16.4. The van der Waals surface area contributed by atoms with E-state index in [4.69, 9.17) is 0 Å². The number of rotatable bonds is 4. The molecule has 5 nitrogen and oxygen atoms in total. The number of aryl methyl sites for hydroxylation is 2. The van der Waals surface area contributed by atoms with E-state index in [1.807, 2.05) is 42.5 Å². The lowest BCUT2D eigenvalue weighted by Crippen LogP contribution is -2.35. The van der Waals surface area contributed by atoms with Gasteiger partial charge in [-0.05, 0) is 54.7 Å². The number of nitrogens with zero attached hydrogens (tertiary/aromatic N) is 2. The number of carbonyl (C=O) groups excluding carboxylic acids is 2. The average molecular weight is 385 g/mol. The molecule has 146 valence electrons. The molecule has 0 spiro atoms. The molecule has 5 heteroatoms. The molecule has 29 heavy (non-hydrogen) atoms. The first-order chi connectivity index (χ1) is 14.2. The van der Waals surface area contributed by atoms with Crippen LogP contribution in [-0.2, 0) is 12.8 Å². The minimum absolute atomic E-state index is 0.133. The molecule has 0 saturated heterocycles. The fourth-order valence-corrected chi connectivity index (χ4v) is 3.61. The van der Waals surface area contributed by atoms with Gasteiger partial charge in [0.05, 0.1) is 11.1 Å². The average Bonchev–Trinajstić information content (AvgIpc) is 2.79. The molecule has 2 aromatic carbocycles. The summed E-state index contributed by atoms with van der Waals surface area (Å²) < 4.78 is 0. The second-order valence-electron chi connectivity index (χ2n) is 7.16. The van der Waals surface area contributed by atoms with Gasteiger partial charge in [-0.15, -0.1) is 0 Å². The number of amides is 2. The van der Waals surface area contributed by atoms with E-state index in [9.17, 15) is 9.59 Å². The molecule has 4 rings (SSSR count). The first kappa shape index (κ1) is 18.9. The smallest absolute Gasteiger partial charge is 0.259 e. The van der Waals surface area contributed by atoms with Crippen molar-refractivity contribution in [1.82, 2.24) is 4.98 Å². The summed E-state index contributed by atoms with van der Waals surface area (Å²) >= 11 is 0. The Morgan fingerprint density at radius 3 is 2.59 bits per heavy atom. The molecule has 2 amide bonds. The SMILES string of the molecule is CCc1ccc(NC(=O)c2cncc(C(=O)N3CCCc4ccccc43)c2)cc1. The molecule has 0 aliphatic carbocycles. The van der Waals surface area contributed by atoms with Crippen molar-refractivity contribution >= 4 is 23.2 Å². The quantitative estimate of drug-likeness (QED) is 0.720. The van der Waals surface area contributed by atoms with Crippen LogP contribution in [0.2, 0.25) is 0 Å². The number of benzene rings is 2. The summed E-state index contributed by atoms with van der Waals surface area (Å²) in [5.41, 5.74) is 4.81. The Kier molecular flexibility index (Phi) is 5.38. The van der Waals surface area contributed by atoms with Crippen LogP contribution in [0.4, 0.5) is 11.4 Å². The Balaban J connectivity index is 1.54. The summed E-state index contributed by atoms with van der Waals surface area (Å²) in [6.45, 7) is 2.75. The number of pyridine rings is 1. The van der Waals surface area contributed by atoms with Crippen LogP contribution in [-0.4, -0.2) is 23.3 Å². The fourth-order valence-electron chi connectivity index (χ4n) is 3.61. The lowest BCUT2D eigenvalue weighted by Gasteiger charge is -2.29. The molecule has 1 aromatic heterocycles. The van der Waals surface area contributed by atoms with Crippen LogP contribution >= 0.6 is 0 Å². The highest BCUT2D eigenvalue weighted by atomic mass is 16.2. The number of fused-ring (bicyclic) bond motifs is 1. The third-order valence-electron chi connectivity index (χ3n) is 5.22. The van der Waals surface area contributed by atoms with Crippen LogP contribution < -0.4 is 10.2 Å². The van der Waals surface area contributed by atoms with Crippen molar-refractivity contribution in [2.45, 2.75) is 26.2 Å². The van der Waals surface area contributed by atoms with Gasteiger partial charge in [0.1, 0.15) is 0 Å². The van der Waals surface area contributed by atoms with Crippen LogP contribution in [0.5, 0.6) is 0 Å². The van der Waals surface area contributed by atoms with E-state index in [0.717, 1.165) is 24.9 Å². The number of aromatic nitrogens is 1. The molecule has 2 heterocycles. The van der Waals surface area contributed by atoms with Crippen molar-refractivity contribution < 1.29 is 9.59 Å². The number of carbonyl (C=O) groups is 2. The largest absolute Gasteiger partial charge is 0.322 e. The maximum absolute atomic E-state index is 13.1. The van der Waals surface area contributed by atoms with Crippen molar-refractivity contribution in [2.75, 3.05) is 16.8 Å². The van der Waals surface area contributed by atoms with Crippen molar-refractivity contribution in [2.24, 2.45) is 0 Å². The van der Waals surface area contributed by atoms with E-state index in [2.05, 4.69) is 23.3 Å². The molecule has 0 saturated carbocycles. The van der Waals surface area contributed by atoms with E-state index in [0.29, 0.717) is 23.4 Å². The monoisotopic (exact) mass is 385 g/mol. The molecule has 0 unspecified atom stereocenters. The fraction of sp³-hybridized carbons (Fsp3) is 0.208. The van der Waals surface area contributed by atoms with Gasteiger partial charge in [0.15, 0.2) is 0 Å². The summed E-state index contributed by atoms with van der Waals surface area (Å²) in [6.07, 6.45) is 5.84. The van der Waals surface area contributed by atoms with Gasteiger partial charge in [-0.1, -0.05) is 37.3 Å². The van der Waals surface area contributed by atoms with Gasteiger partial charge >= 0.3 is 0 Å². The van der Waals surface area contributed by atoms with E-state index < -0.39 is 0 Å². The van der Waals surface area contributed by atoms with E-state index >= 15 is 0 Å². The van der Waals surface area contributed by atoms with Gasteiger partial charge in [0.25, 0.3) is 11.8 Å². The van der Waals surface area contributed by atoms with Crippen molar-refractivity contribution in [1.29, 1.82) is 0 Å². The second-order valence-corrected chi connectivity index (χ2v) is 7.16. The summed E-state index contributed by atoms with van der Waals surface area (Å²) in [5, 5.41) is 2.87. The highest BCUT2D eigenvalue weighted by Gasteiger charge is 2.24. The zero-order chi connectivity index (χ0) is 20.2. The summed E-state index contributed by atoms with van der Waals surface area (Å²) in [5.74, 6) is -0.415. The molecule has 0 atom stereocenters. The van der Waals surface area contributed by atoms with Crippen LogP contribution in [0.3, 0.4) is 0 Å². The molecule has 1 N–H and O–H groups in total. The molecule has 1 aliphatic rings. The Bertz CT molecular complexity index is 1040. The normalized spacial score (nSPS) is 12.9. The summed E-state index contributed by atoms with van der Waals surface area (Å²) in [7, 11) is 0. The van der Waals surface area contributed by atoms with Crippen LogP contribution in [0.15, 0.2) is 67.0 Å². The highest BCUT2D eigenvalue weighted by molar-refractivity contribution is 6.09. The lowest BCUT2D eigenvalue weighted by atomic mass is 10.0. The molecule has 0 bridgehead atoms. The number of para-hydroxylation sites is 1. The summed E-state index contributed by atoms with van der Waals surface area (Å²) in [4.78, 5) is 31.7. The van der Waals surface area contributed by atoms with Crippen LogP contribution in [0, 0.1) is 0 Å². The van der Waals surface area contributed by atoms with Crippen LogP contribution in [0.25, 0.3) is 0 Å². The van der Waals surface area contributed by atoms with Gasteiger partial charge in [-0.3, -0.25) is 14.6 Å². The molecule has 0 radical (unpaired) electrons. The molecule has 1 aliphatic heterocycles. The van der Waals surface area contributed by atoms with Gasteiger partial charge in [-0.25, -0.2) is 0 Å². The number of anilines is 2. The Morgan fingerprint density at radius 1 is 1.03 bits per heavy atom. The third-order valence-corrected chi connectivity index (χ3v) is 5.22. The second kappa shape index (κ2) is 8.27. The number of nitrogens with one attached hydrogen (secondary N) is 1. The van der Waals surface area contributed by atoms with Crippen LogP contribution in [0.1, 0.15) is 45.2 Å². The topological polar surface area (TPSA) is 62.3 Å². The van der Waals surface area contributed by atoms with Gasteiger partial charge in [0, 0.05) is 30.3 Å². The maximum Gasteiger partial charge on any atom is 0.259 e. The number of hydrogen-bond donors (Lipinski definition) is 1. The Hall–Kier alpha value is -3.47. The summed E-state index contributed by atoms with van der Waals surface area (Å²) in [6, 6.07) is 17.3. The number of hydrogen-bond acceptors (Lipinski definition) is 3. The third kappa shape index (κ3) is 4.04. The molecule has 3 aromatic rings.